The number of hydrogen-bond donors (Lipinski definition) is 2. The van der Waals surface area contributed by atoms with Crippen LogP contribution in [0.3, 0.4) is 0 Å². The number of amides is 2. The van der Waals surface area contributed by atoms with Crippen molar-refractivity contribution in [2.24, 2.45) is 0 Å². The maximum atomic E-state index is 13.0. The zero-order valence-corrected chi connectivity index (χ0v) is 13.5. The zero-order valence-electron chi connectivity index (χ0n) is 12.0. The zero-order chi connectivity index (χ0) is 16.3. The Morgan fingerprint density at radius 2 is 2.18 bits per heavy atom. The first-order valence-electron chi connectivity index (χ1n) is 6.73. The molecule has 0 bridgehead atoms. The molecule has 1 aliphatic heterocycles. The molecule has 122 valence electrons. The van der Waals surface area contributed by atoms with E-state index < -0.39 is 21.9 Å². The molecule has 1 aliphatic rings. The minimum absolute atomic E-state index is 0.0845. The Morgan fingerprint density at radius 3 is 2.82 bits per heavy atom. The van der Waals surface area contributed by atoms with Crippen LogP contribution in [-0.2, 0) is 10.0 Å². The van der Waals surface area contributed by atoms with E-state index in [4.69, 9.17) is 11.6 Å². The second-order valence-corrected chi connectivity index (χ2v) is 7.58. The molecule has 1 aromatic carbocycles. The molecular formula is C13H17ClFN3O3S. The van der Waals surface area contributed by atoms with E-state index in [9.17, 15) is 17.6 Å². The van der Waals surface area contributed by atoms with Gasteiger partial charge in [-0.15, -0.1) is 0 Å². The monoisotopic (exact) mass is 349 g/mol. The summed E-state index contributed by atoms with van der Waals surface area (Å²) < 4.78 is 37.4. The number of carbonyl (C=O) groups excluding carboxylic acids is 1. The topological polar surface area (TPSA) is 78.5 Å². The van der Waals surface area contributed by atoms with Crippen LogP contribution in [0.1, 0.15) is 12.8 Å². The lowest BCUT2D eigenvalue weighted by molar-refractivity contribution is 0.236. The SMILES string of the molecule is CS(=O)(=O)N1CCC[C@@H](NC(=O)Nc2ccc(F)c(Cl)c2)C1. The number of halogens is 2. The lowest BCUT2D eigenvalue weighted by atomic mass is 10.1. The maximum Gasteiger partial charge on any atom is 0.319 e. The van der Waals surface area contributed by atoms with E-state index in [0.717, 1.165) is 12.3 Å². The first-order chi connectivity index (χ1) is 10.3. The molecule has 0 radical (unpaired) electrons. The fourth-order valence-corrected chi connectivity index (χ4v) is 3.38. The number of rotatable bonds is 3. The van der Waals surface area contributed by atoms with E-state index in [2.05, 4.69) is 10.6 Å². The highest BCUT2D eigenvalue weighted by Gasteiger charge is 2.26. The van der Waals surface area contributed by atoms with Gasteiger partial charge in [-0.25, -0.2) is 21.9 Å². The van der Waals surface area contributed by atoms with Crippen LogP contribution < -0.4 is 10.6 Å². The van der Waals surface area contributed by atoms with Gasteiger partial charge in [-0.1, -0.05) is 11.6 Å². The van der Waals surface area contributed by atoms with Gasteiger partial charge >= 0.3 is 6.03 Å². The number of urea groups is 1. The second kappa shape index (κ2) is 6.80. The van der Waals surface area contributed by atoms with Gasteiger partial charge in [-0.05, 0) is 31.0 Å². The molecule has 1 aromatic rings. The van der Waals surface area contributed by atoms with Crippen molar-refractivity contribution in [3.63, 3.8) is 0 Å². The van der Waals surface area contributed by atoms with Crippen LogP contribution in [0, 0.1) is 5.82 Å². The Labute approximate surface area is 133 Å². The van der Waals surface area contributed by atoms with Crippen LogP contribution in [0.2, 0.25) is 5.02 Å². The van der Waals surface area contributed by atoms with E-state index in [1.807, 2.05) is 0 Å². The molecule has 22 heavy (non-hydrogen) atoms. The highest BCUT2D eigenvalue weighted by atomic mass is 35.5. The highest BCUT2D eigenvalue weighted by molar-refractivity contribution is 7.88. The molecule has 0 saturated carbocycles. The van der Waals surface area contributed by atoms with Gasteiger partial charge in [0.15, 0.2) is 0 Å². The fraction of sp³-hybridized carbons (Fsp3) is 0.462. The third-order valence-electron chi connectivity index (χ3n) is 3.37. The number of anilines is 1. The summed E-state index contributed by atoms with van der Waals surface area (Å²) in [6.45, 7) is 0.711. The third-order valence-corrected chi connectivity index (χ3v) is 4.93. The number of benzene rings is 1. The molecule has 2 rings (SSSR count). The Bertz CT molecular complexity index is 668. The van der Waals surface area contributed by atoms with Gasteiger partial charge < -0.3 is 10.6 Å². The summed E-state index contributed by atoms with van der Waals surface area (Å²) in [5.74, 6) is -0.566. The van der Waals surface area contributed by atoms with Gasteiger partial charge in [0.2, 0.25) is 10.0 Å². The summed E-state index contributed by atoms with van der Waals surface area (Å²) >= 11 is 5.64. The van der Waals surface area contributed by atoms with Gasteiger partial charge in [-0.2, -0.15) is 0 Å². The average molecular weight is 350 g/mol. The van der Waals surface area contributed by atoms with Crippen LogP contribution in [0.25, 0.3) is 0 Å². The standard InChI is InChI=1S/C13H17ClFN3O3S/c1-22(20,21)18-6-2-3-10(8-18)17-13(19)16-9-4-5-12(15)11(14)7-9/h4-5,7,10H,2-3,6,8H2,1H3,(H2,16,17,19)/t10-/m1/s1. The molecule has 1 fully saturated rings. The molecule has 1 saturated heterocycles. The summed E-state index contributed by atoms with van der Waals surface area (Å²) in [4.78, 5) is 11.9. The molecule has 0 aliphatic carbocycles. The molecule has 0 unspecified atom stereocenters. The van der Waals surface area contributed by atoms with Crippen molar-refractivity contribution in [2.75, 3.05) is 24.7 Å². The number of nitrogens with zero attached hydrogens (tertiary/aromatic N) is 1. The Balaban J connectivity index is 1.92. The number of nitrogens with one attached hydrogen (secondary N) is 2. The Hall–Kier alpha value is -1.38. The summed E-state index contributed by atoms with van der Waals surface area (Å²) in [6, 6.07) is 3.11. The van der Waals surface area contributed by atoms with Crippen LogP contribution in [0.15, 0.2) is 18.2 Å². The van der Waals surface area contributed by atoms with Crippen molar-refractivity contribution in [3.8, 4) is 0 Å². The van der Waals surface area contributed by atoms with Crippen molar-refractivity contribution in [1.29, 1.82) is 0 Å². The van der Waals surface area contributed by atoms with Gasteiger partial charge in [0, 0.05) is 24.8 Å². The quantitative estimate of drug-likeness (QED) is 0.876. The molecule has 2 amide bonds. The predicted octanol–water partition coefficient (Wildman–Crippen LogP) is 2.02. The number of sulfonamides is 1. The van der Waals surface area contributed by atoms with E-state index in [-0.39, 0.29) is 17.6 Å². The molecule has 0 aromatic heterocycles. The molecule has 1 heterocycles. The van der Waals surface area contributed by atoms with Crippen LogP contribution in [0.4, 0.5) is 14.9 Å². The fourth-order valence-electron chi connectivity index (χ4n) is 2.29. The van der Waals surface area contributed by atoms with E-state index >= 15 is 0 Å². The van der Waals surface area contributed by atoms with E-state index in [1.54, 1.807) is 0 Å². The Kier molecular flexibility index (Phi) is 5.25. The van der Waals surface area contributed by atoms with Crippen LogP contribution in [-0.4, -0.2) is 44.1 Å². The largest absolute Gasteiger partial charge is 0.334 e. The normalized spacial score (nSPS) is 19.7. The minimum Gasteiger partial charge on any atom is -0.334 e. The first-order valence-corrected chi connectivity index (χ1v) is 8.96. The minimum atomic E-state index is -3.26. The molecule has 1 atom stereocenters. The summed E-state index contributed by atoms with van der Waals surface area (Å²) in [7, 11) is -3.26. The van der Waals surface area contributed by atoms with E-state index in [0.29, 0.717) is 25.1 Å². The molecular weight excluding hydrogens is 333 g/mol. The lowest BCUT2D eigenvalue weighted by Gasteiger charge is -2.31. The van der Waals surface area contributed by atoms with Crippen molar-refractivity contribution in [2.45, 2.75) is 18.9 Å². The summed E-state index contributed by atoms with van der Waals surface area (Å²) in [5, 5.41) is 5.17. The second-order valence-electron chi connectivity index (χ2n) is 5.19. The summed E-state index contributed by atoms with van der Waals surface area (Å²) in [6.07, 6.45) is 2.53. The molecule has 6 nitrogen and oxygen atoms in total. The third kappa shape index (κ3) is 4.56. The molecule has 9 heteroatoms. The smallest absolute Gasteiger partial charge is 0.319 e. The van der Waals surface area contributed by atoms with Crippen molar-refractivity contribution >= 4 is 33.3 Å². The van der Waals surface area contributed by atoms with Gasteiger partial charge in [0.05, 0.1) is 11.3 Å². The van der Waals surface area contributed by atoms with Crippen LogP contribution in [0.5, 0.6) is 0 Å². The molecule has 2 N–H and O–H groups in total. The first kappa shape index (κ1) is 17.0. The van der Waals surface area contributed by atoms with Crippen LogP contribution >= 0.6 is 11.6 Å². The van der Waals surface area contributed by atoms with Gasteiger partial charge in [0.25, 0.3) is 0 Å². The summed E-state index contributed by atoms with van der Waals surface area (Å²) in [5.41, 5.74) is 0.361. The maximum absolute atomic E-state index is 13.0. The van der Waals surface area contributed by atoms with Crippen molar-refractivity contribution in [3.05, 3.63) is 29.0 Å². The lowest BCUT2D eigenvalue weighted by Crippen LogP contribution is -2.50. The highest BCUT2D eigenvalue weighted by Crippen LogP contribution is 2.19. The van der Waals surface area contributed by atoms with Crippen molar-refractivity contribution in [1.82, 2.24) is 9.62 Å². The average Bonchev–Trinajstić information content (AvgIpc) is 2.42. The number of piperidine rings is 1. The predicted molar refractivity (Wildman–Crippen MR) is 83.0 cm³/mol. The number of hydrogen-bond acceptors (Lipinski definition) is 3. The number of carbonyl (C=O) groups is 1. The van der Waals surface area contributed by atoms with Crippen molar-refractivity contribution < 1.29 is 17.6 Å². The van der Waals surface area contributed by atoms with Gasteiger partial charge in [-0.3, -0.25) is 0 Å². The van der Waals surface area contributed by atoms with Gasteiger partial charge in [0.1, 0.15) is 5.82 Å². The molecule has 0 spiro atoms. The van der Waals surface area contributed by atoms with E-state index in [1.165, 1.54) is 16.4 Å². The Morgan fingerprint density at radius 1 is 1.45 bits per heavy atom.